The van der Waals surface area contributed by atoms with Crippen molar-refractivity contribution in [1.29, 1.82) is 0 Å². The first-order chi connectivity index (χ1) is 9.88. The van der Waals surface area contributed by atoms with Crippen LogP contribution < -0.4 is 15.8 Å². The molecule has 1 amide bonds. The van der Waals surface area contributed by atoms with E-state index in [-0.39, 0.29) is 22.4 Å². The van der Waals surface area contributed by atoms with E-state index in [0.717, 1.165) is 12.8 Å². The van der Waals surface area contributed by atoms with Gasteiger partial charge in [0.05, 0.1) is 5.02 Å². The van der Waals surface area contributed by atoms with Crippen LogP contribution in [0.4, 0.5) is 5.69 Å². The third-order valence-electron chi connectivity index (χ3n) is 3.06. The van der Waals surface area contributed by atoms with Gasteiger partial charge < -0.3 is 11.1 Å². The smallest absolute Gasteiger partial charge is 0.242 e. The Kier molecular flexibility index (Phi) is 5.08. The average molecular weight is 332 g/mol. The second-order valence-electron chi connectivity index (χ2n) is 5.03. The number of halogens is 1. The van der Waals surface area contributed by atoms with Crippen molar-refractivity contribution in [3.05, 3.63) is 23.2 Å². The van der Waals surface area contributed by atoms with E-state index in [9.17, 15) is 13.2 Å². The zero-order chi connectivity index (χ0) is 15.5. The van der Waals surface area contributed by atoms with Crippen molar-refractivity contribution in [2.75, 3.05) is 12.3 Å². The maximum absolute atomic E-state index is 12.1. The van der Waals surface area contributed by atoms with Gasteiger partial charge in [-0.2, -0.15) is 0 Å². The first kappa shape index (κ1) is 16.1. The lowest BCUT2D eigenvalue weighted by Crippen LogP contribution is -2.28. The van der Waals surface area contributed by atoms with Gasteiger partial charge in [-0.15, -0.1) is 0 Å². The number of sulfonamides is 1. The Morgan fingerprint density at radius 1 is 1.38 bits per heavy atom. The van der Waals surface area contributed by atoms with Gasteiger partial charge in [0, 0.05) is 24.7 Å². The van der Waals surface area contributed by atoms with E-state index in [2.05, 4.69) is 10.0 Å². The fraction of sp³-hybridized carbons (Fsp3) is 0.462. The van der Waals surface area contributed by atoms with E-state index in [1.54, 1.807) is 0 Å². The number of benzene rings is 1. The molecule has 0 saturated heterocycles. The van der Waals surface area contributed by atoms with Crippen LogP contribution in [0.2, 0.25) is 5.02 Å². The van der Waals surface area contributed by atoms with Crippen LogP contribution in [0.25, 0.3) is 0 Å². The SMILES string of the molecule is Nc1ccc(S(=O)(=O)NCCCC(=O)NC2CC2)c(Cl)c1. The lowest BCUT2D eigenvalue weighted by molar-refractivity contribution is -0.121. The number of hydrogen-bond donors (Lipinski definition) is 3. The summed E-state index contributed by atoms with van der Waals surface area (Å²) in [5.74, 6) is -0.0396. The fourth-order valence-electron chi connectivity index (χ4n) is 1.80. The Morgan fingerprint density at radius 3 is 2.71 bits per heavy atom. The highest BCUT2D eigenvalue weighted by Gasteiger charge is 2.23. The van der Waals surface area contributed by atoms with Gasteiger partial charge in [0.1, 0.15) is 4.90 Å². The number of nitrogens with two attached hydrogens (primary N) is 1. The second kappa shape index (κ2) is 6.64. The van der Waals surface area contributed by atoms with Gasteiger partial charge >= 0.3 is 0 Å². The van der Waals surface area contributed by atoms with Gasteiger partial charge in [-0.1, -0.05) is 11.6 Å². The molecular formula is C13H18ClN3O3S. The molecular weight excluding hydrogens is 314 g/mol. The molecule has 1 aromatic rings. The summed E-state index contributed by atoms with van der Waals surface area (Å²) in [4.78, 5) is 11.4. The molecule has 0 aliphatic heterocycles. The lowest BCUT2D eigenvalue weighted by atomic mass is 10.3. The van der Waals surface area contributed by atoms with Gasteiger partial charge in [-0.3, -0.25) is 4.79 Å². The minimum absolute atomic E-state index is 0.0131. The summed E-state index contributed by atoms with van der Waals surface area (Å²) in [6.07, 6.45) is 2.81. The molecule has 0 unspecified atom stereocenters. The van der Waals surface area contributed by atoms with E-state index in [1.807, 2.05) is 0 Å². The third kappa shape index (κ3) is 4.87. The van der Waals surface area contributed by atoms with Crippen molar-refractivity contribution >= 4 is 33.2 Å². The Hall–Kier alpha value is -1.31. The van der Waals surface area contributed by atoms with Crippen molar-refractivity contribution in [3.63, 3.8) is 0 Å². The lowest BCUT2D eigenvalue weighted by Gasteiger charge is -2.09. The van der Waals surface area contributed by atoms with Crippen molar-refractivity contribution in [2.24, 2.45) is 0 Å². The molecule has 0 aromatic heterocycles. The topological polar surface area (TPSA) is 101 Å². The quantitative estimate of drug-likeness (QED) is 0.517. The van der Waals surface area contributed by atoms with E-state index in [4.69, 9.17) is 17.3 Å². The Balaban J connectivity index is 1.81. The summed E-state index contributed by atoms with van der Waals surface area (Å²) in [6, 6.07) is 4.55. The highest BCUT2D eigenvalue weighted by Crippen LogP contribution is 2.23. The molecule has 0 radical (unpaired) electrons. The Morgan fingerprint density at radius 2 is 2.10 bits per heavy atom. The molecule has 21 heavy (non-hydrogen) atoms. The predicted molar refractivity (Wildman–Crippen MR) is 81.5 cm³/mol. The number of carbonyl (C=O) groups is 1. The first-order valence-electron chi connectivity index (χ1n) is 6.72. The Labute approximate surface area is 129 Å². The van der Waals surface area contributed by atoms with Crippen LogP contribution in [0.1, 0.15) is 25.7 Å². The summed E-state index contributed by atoms with van der Waals surface area (Å²) in [6.45, 7) is 0.182. The van der Waals surface area contributed by atoms with Crippen LogP contribution in [-0.2, 0) is 14.8 Å². The molecule has 8 heteroatoms. The van der Waals surface area contributed by atoms with Crippen LogP contribution in [0.15, 0.2) is 23.1 Å². The summed E-state index contributed by atoms with van der Waals surface area (Å²) in [5.41, 5.74) is 5.93. The largest absolute Gasteiger partial charge is 0.399 e. The monoisotopic (exact) mass is 331 g/mol. The van der Waals surface area contributed by atoms with E-state index in [0.29, 0.717) is 24.6 Å². The minimum atomic E-state index is -3.69. The number of hydrogen-bond acceptors (Lipinski definition) is 4. The molecule has 1 fully saturated rings. The van der Waals surface area contributed by atoms with Crippen molar-refractivity contribution in [2.45, 2.75) is 36.6 Å². The zero-order valence-electron chi connectivity index (χ0n) is 11.4. The molecule has 0 bridgehead atoms. The second-order valence-corrected chi connectivity index (χ2v) is 7.18. The van der Waals surface area contributed by atoms with Crippen molar-refractivity contribution in [3.8, 4) is 0 Å². The van der Waals surface area contributed by atoms with Crippen LogP contribution in [0.3, 0.4) is 0 Å². The van der Waals surface area contributed by atoms with Gasteiger partial charge in [-0.25, -0.2) is 13.1 Å². The molecule has 0 heterocycles. The molecule has 1 saturated carbocycles. The molecule has 0 spiro atoms. The van der Waals surface area contributed by atoms with Crippen LogP contribution in [0, 0.1) is 0 Å². The van der Waals surface area contributed by atoms with E-state index < -0.39 is 10.0 Å². The maximum Gasteiger partial charge on any atom is 0.242 e. The number of nitrogens with one attached hydrogen (secondary N) is 2. The van der Waals surface area contributed by atoms with E-state index >= 15 is 0 Å². The van der Waals surface area contributed by atoms with Gasteiger partial charge in [0.2, 0.25) is 15.9 Å². The van der Waals surface area contributed by atoms with Crippen LogP contribution in [0.5, 0.6) is 0 Å². The number of nitrogen functional groups attached to an aromatic ring is 1. The standard InChI is InChI=1S/C13H18ClN3O3S/c14-11-8-9(15)3-6-12(11)21(19,20)16-7-1-2-13(18)17-10-4-5-10/h3,6,8,10,16H,1-2,4-5,7,15H2,(H,17,18). The van der Waals surface area contributed by atoms with Crippen LogP contribution in [-0.4, -0.2) is 26.9 Å². The molecule has 0 atom stereocenters. The van der Waals surface area contributed by atoms with Crippen molar-refractivity contribution in [1.82, 2.24) is 10.0 Å². The van der Waals surface area contributed by atoms with Gasteiger partial charge in [-0.05, 0) is 37.5 Å². The minimum Gasteiger partial charge on any atom is -0.399 e. The number of rotatable bonds is 7. The van der Waals surface area contributed by atoms with Crippen LogP contribution >= 0.6 is 11.6 Å². The van der Waals surface area contributed by atoms with Gasteiger partial charge in [0.15, 0.2) is 0 Å². The molecule has 116 valence electrons. The molecule has 4 N–H and O–H groups in total. The average Bonchev–Trinajstić information content (AvgIpc) is 3.18. The van der Waals surface area contributed by atoms with E-state index in [1.165, 1.54) is 18.2 Å². The van der Waals surface area contributed by atoms with Gasteiger partial charge in [0.25, 0.3) is 0 Å². The number of anilines is 1. The predicted octanol–water partition coefficient (Wildman–Crippen LogP) is 1.26. The first-order valence-corrected chi connectivity index (χ1v) is 8.58. The summed E-state index contributed by atoms with van der Waals surface area (Å²) < 4.78 is 26.5. The molecule has 2 rings (SSSR count). The molecule has 1 aromatic carbocycles. The third-order valence-corrected chi connectivity index (χ3v) is 5.00. The maximum atomic E-state index is 12.1. The normalized spacial score (nSPS) is 14.9. The highest BCUT2D eigenvalue weighted by atomic mass is 35.5. The molecule has 6 nitrogen and oxygen atoms in total. The number of carbonyl (C=O) groups excluding carboxylic acids is 1. The zero-order valence-corrected chi connectivity index (χ0v) is 13.0. The van der Waals surface area contributed by atoms with Crippen molar-refractivity contribution < 1.29 is 13.2 Å². The molecule has 1 aliphatic rings. The summed E-state index contributed by atoms with van der Waals surface area (Å²) >= 11 is 5.88. The number of amides is 1. The Bertz CT molecular complexity index is 630. The summed E-state index contributed by atoms with van der Waals surface area (Å²) in [7, 11) is -3.69. The highest BCUT2D eigenvalue weighted by molar-refractivity contribution is 7.89. The fourth-order valence-corrected chi connectivity index (χ4v) is 3.42. The summed E-state index contributed by atoms with van der Waals surface area (Å²) in [5, 5.41) is 2.93. The molecule has 1 aliphatic carbocycles.